The highest BCUT2D eigenvalue weighted by Crippen LogP contribution is 2.18. The molecule has 470 valence electrons. The molecule has 11 heteroatoms. The van der Waals surface area contributed by atoms with Crippen LogP contribution in [0, 0.1) is 0 Å². The summed E-state index contributed by atoms with van der Waals surface area (Å²) in [5, 5.41) is 27.1. The summed E-state index contributed by atoms with van der Waals surface area (Å²) in [5.41, 5.74) is 0. The largest absolute Gasteiger partial charge is 0.822 e. The van der Waals surface area contributed by atoms with Crippen LogP contribution in [0.3, 0.4) is 0 Å². The summed E-state index contributed by atoms with van der Waals surface area (Å²) in [4.78, 5) is 25.6. The first-order valence-electron chi connectivity index (χ1n) is 33.9. The van der Waals surface area contributed by atoms with Crippen LogP contribution < -0.4 is 14.7 Å². The van der Waals surface area contributed by atoms with Gasteiger partial charge in [-0.2, -0.15) is 7.82 Å². The third kappa shape index (κ3) is 87.3. The average Bonchev–Trinajstić information content (AvgIpc) is 3.35. The molecule has 0 rings (SSSR count). The third-order valence-electron chi connectivity index (χ3n) is 16.0. The van der Waals surface area contributed by atoms with Gasteiger partial charge in [0.25, 0.3) is 0 Å². The van der Waals surface area contributed by atoms with Crippen molar-refractivity contribution in [3.63, 3.8) is 0 Å². The van der Waals surface area contributed by atoms with E-state index in [0.29, 0.717) is 19.8 Å². The molecular formula is C66H144N3O7P. The lowest BCUT2D eigenvalue weighted by atomic mass is 10.0. The van der Waals surface area contributed by atoms with Crippen LogP contribution in [0.15, 0.2) is 0 Å². The van der Waals surface area contributed by atoms with E-state index in [1.165, 1.54) is 328 Å². The molecule has 0 saturated heterocycles. The lowest BCUT2D eigenvalue weighted by molar-refractivity contribution is -0.890. The van der Waals surface area contributed by atoms with Gasteiger partial charge in [0.1, 0.15) is 19.6 Å². The van der Waals surface area contributed by atoms with Gasteiger partial charge in [0.15, 0.2) is 0 Å². The van der Waals surface area contributed by atoms with Crippen LogP contribution in [0.1, 0.15) is 329 Å². The first-order chi connectivity index (χ1) is 36.9. The number of likely N-dealkylation sites (N-methyl/N-ethyl adjacent to an activating group) is 3. The Bertz CT molecular complexity index is 998. The Labute approximate surface area is 484 Å². The molecule has 0 atom stereocenters. The summed E-state index contributed by atoms with van der Waals surface area (Å²) in [6.45, 7) is 14.1. The number of aliphatic hydroxyl groups is 3. The maximum absolute atomic E-state index is 9.02. The summed E-state index contributed by atoms with van der Waals surface area (Å²) in [6.07, 6.45) is 68.6. The molecule has 0 fully saturated rings. The molecule has 0 saturated carbocycles. The van der Waals surface area contributed by atoms with E-state index >= 15 is 0 Å². The number of phosphoric acid groups is 1. The highest BCUT2D eigenvalue weighted by molar-refractivity contribution is 7.40. The zero-order valence-corrected chi connectivity index (χ0v) is 55.0. The summed E-state index contributed by atoms with van der Waals surface area (Å²) < 4.78 is 11.5. The van der Waals surface area contributed by atoms with Crippen molar-refractivity contribution in [3.8, 4) is 0 Å². The van der Waals surface area contributed by atoms with E-state index in [2.05, 4.69) is 63.1 Å². The highest BCUT2D eigenvalue weighted by atomic mass is 31.2. The van der Waals surface area contributed by atoms with Crippen molar-refractivity contribution >= 4 is 7.82 Å². The molecule has 0 amide bonds. The predicted molar refractivity (Wildman–Crippen MR) is 333 cm³/mol. The Morgan fingerprint density at radius 1 is 0.234 bits per heavy atom. The minimum Gasteiger partial charge on any atom is -0.822 e. The van der Waals surface area contributed by atoms with Gasteiger partial charge in [0.05, 0.1) is 81.7 Å². The topological polar surface area (TPSA) is 147 Å². The van der Waals surface area contributed by atoms with E-state index in [-0.39, 0.29) is 0 Å². The molecular weight excluding hydrogens is 978 g/mol. The van der Waals surface area contributed by atoms with Crippen molar-refractivity contribution in [2.24, 2.45) is 0 Å². The van der Waals surface area contributed by atoms with Gasteiger partial charge in [-0.25, -0.2) is 0 Å². The normalized spacial score (nSPS) is 12.0. The van der Waals surface area contributed by atoms with E-state index < -0.39 is 7.82 Å². The molecule has 0 aromatic carbocycles. The van der Waals surface area contributed by atoms with Gasteiger partial charge in [-0.05, 0) is 38.5 Å². The van der Waals surface area contributed by atoms with Crippen LogP contribution in [0.4, 0.5) is 0 Å². The van der Waals surface area contributed by atoms with Gasteiger partial charge in [-0.3, -0.25) is 0 Å². The molecule has 0 aromatic heterocycles. The fourth-order valence-corrected chi connectivity index (χ4v) is 10.4. The monoisotopic (exact) mass is 1120 g/mol. The summed E-state index contributed by atoms with van der Waals surface area (Å²) >= 11 is 0. The molecule has 77 heavy (non-hydrogen) atoms. The van der Waals surface area contributed by atoms with Crippen LogP contribution in [0.25, 0.3) is 0 Å². The molecule has 0 bridgehead atoms. The summed E-state index contributed by atoms with van der Waals surface area (Å²) in [5.74, 6) is 0. The molecule has 0 heterocycles. The molecule has 3 N–H and O–H groups in total. The zero-order valence-electron chi connectivity index (χ0n) is 54.1. The van der Waals surface area contributed by atoms with Crippen molar-refractivity contribution in [3.05, 3.63) is 0 Å². The number of hydrogen-bond acceptors (Lipinski definition) is 7. The number of unbranched alkanes of at least 4 members (excludes halogenated alkanes) is 45. The lowest BCUT2D eigenvalue weighted by Gasteiger charge is -2.36. The second-order valence-corrected chi connectivity index (χ2v) is 26.6. The fourth-order valence-electron chi connectivity index (χ4n) is 10.4. The molecule has 0 aliphatic rings. The first-order valence-corrected chi connectivity index (χ1v) is 35.3. The number of nitrogens with zero attached hydrogens (tertiary/aromatic N) is 3. The van der Waals surface area contributed by atoms with Crippen molar-refractivity contribution in [2.75, 3.05) is 101 Å². The van der Waals surface area contributed by atoms with Gasteiger partial charge in [-0.15, -0.1) is 0 Å². The number of hydrogen-bond donors (Lipinski definition) is 3. The quantitative estimate of drug-likeness (QED) is 0.0312. The minimum atomic E-state index is -5.39. The van der Waals surface area contributed by atoms with Crippen LogP contribution >= 0.6 is 7.82 Å². The second-order valence-electron chi connectivity index (χ2n) is 25.7. The zero-order chi connectivity index (χ0) is 58.3. The van der Waals surface area contributed by atoms with Crippen LogP contribution in [0.5, 0.6) is 0 Å². The Hall–Kier alpha value is -0.130. The molecule has 0 spiro atoms. The number of rotatable bonds is 57. The highest BCUT2D eigenvalue weighted by Gasteiger charge is 2.14. The van der Waals surface area contributed by atoms with E-state index in [1.54, 1.807) is 0 Å². The number of aliphatic hydroxyl groups excluding tert-OH is 3. The maximum Gasteiger partial charge on any atom is 0.102 e. The Morgan fingerprint density at radius 2 is 0.338 bits per heavy atom. The van der Waals surface area contributed by atoms with Crippen molar-refractivity contribution in [2.45, 2.75) is 329 Å². The molecule has 0 unspecified atom stereocenters. The van der Waals surface area contributed by atoms with E-state index in [0.717, 1.165) is 33.1 Å². The van der Waals surface area contributed by atoms with Gasteiger partial charge in [0, 0.05) is 0 Å². The predicted octanol–water partition coefficient (Wildman–Crippen LogP) is 16.1. The first kappa shape index (κ1) is 83.3. The Morgan fingerprint density at radius 3 is 0.442 bits per heavy atom. The van der Waals surface area contributed by atoms with Crippen molar-refractivity contribution in [1.29, 1.82) is 0 Å². The van der Waals surface area contributed by atoms with E-state index in [1.807, 2.05) is 0 Å². The average molecular weight is 1120 g/mol. The molecule has 0 radical (unpaired) electrons. The van der Waals surface area contributed by atoms with E-state index in [4.69, 9.17) is 34.6 Å². The smallest absolute Gasteiger partial charge is 0.102 e. The second kappa shape index (κ2) is 65.0. The Kier molecular flexibility index (Phi) is 70.4. The summed E-state index contributed by atoms with van der Waals surface area (Å²) in [7, 11) is 7.95. The molecule has 10 nitrogen and oxygen atoms in total. The van der Waals surface area contributed by atoms with Crippen molar-refractivity contribution in [1.82, 2.24) is 0 Å². The third-order valence-corrected chi connectivity index (χ3v) is 16.0. The van der Waals surface area contributed by atoms with Gasteiger partial charge < -0.3 is 48.0 Å². The lowest BCUT2D eigenvalue weighted by Crippen LogP contribution is -2.42. The standard InChI is InChI=1S/3C22H48NO.H3O4P/c3*1-4-5-6-7-8-9-10-11-12-13-14-15-16-17-18-19-20-23(2,3)21-22-24;1-5(2,3)4/h3*24H,4-22H2,1-3H3;(H3,1,2,3,4)/q3*+1;/p-3. The number of quaternary nitrogens is 3. The fraction of sp³-hybridized carbons (Fsp3) is 1.00. The molecule has 0 aromatic rings. The summed E-state index contributed by atoms with van der Waals surface area (Å²) in [6, 6.07) is 0. The maximum atomic E-state index is 9.02. The van der Waals surface area contributed by atoms with Crippen LogP contribution in [-0.2, 0) is 4.57 Å². The van der Waals surface area contributed by atoms with Crippen molar-refractivity contribution < 1.29 is 48.0 Å². The van der Waals surface area contributed by atoms with Gasteiger partial charge >= 0.3 is 0 Å². The SMILES string of the molecule is CCCCCCCCCCCCCCCCCC[N+](C)(C)CCO.CCCCCCCCCCCCCCCCCC[N+](C)(C)CCO.CCCCCCCCCCCCCCCCCC[N+](C)(C)CCO.O=P([O-])([O-])[O-]. The van der Waals surface area contributed by atoms with Crippen LogP contribution in [0.2, 0.25) is 0 Å². The van der Waals surface area contributed by atoms with Gasteiger partial charge in [-0.1, -0.05) is 290 Å². The molecule has 0 aliphatic heterocycles. The van der Waals surface area contributed by atoms with Gasteiger partial charge in [0.2, 0.25) is 0 Å². The van der Waals surface area contributed by atoms with Crippen LogP contribution in [-0.4, -0.2) is 130 Å². The van der Waals surface area contributed by atoms with E-state index in [9.17, 15) is 0 Å². The molecule has 0 aliphatic carbocycles. The minimum absolute atomic E-state index is 0.311. The Balaban J connectivity index is -0.000000495.